The van der Waals surface area contributed by atoms with Crippen LogP contribution in [0.3, 0.4) is 0 Å². The molecule has 4 rings (SSSR count). The van der Waals surface area contributed by atoms with Gasteiger partial charge in [0.05, 0.1) is 5.75 Å². The third kappa shape index (κ3) is 3.49. The summed E-state index contributed by atoms with van der Waals surface area (Å²) in [7, 11) is 3.95. The Labute approximate surface area is 175 Å². The largest absolute Gasteiger partial charge is 0.347 e. The number of para-hydroxylation sites is 1. The van der Waals surface area contributed by atoms with Crippen molar-refractivity contribution in [1.29, 1.82) is 0 Å². The minimum absolute atomic E-state index is 0.0713. The molecule has 0 spiro atoms. The van der Waals surface area contributed by atoms with E-state index < -0.39 is 0 Å². The molecule has 0 radical (unpaired) electrons. The lowest BCUT2D eigenvalue weighted by Gasteiger charge is -2.23. The summed E-state index contributed by atoms with van der Waals surface area (Å²) >= 11 is 1.42. The second-order valence-corrected chi connectivity index (χ2v) is 8.66. The van der Waals surface area contributed by atoms with Crippen molar-refractivity contribution in [2.75, 3.05) is 17.7 Å². The van der Waals surface area contributed by atoms with Crippen LogP contribution in [0.4, 0.5) is 5.69 Å². The van der Waals surface area contributed by atoms with E-state index in [1.165, 1.54) is 17.3 Å². The number of hydrogen-bond acceptors (Lipinski definition) is 5. The predicted molar refractivity (Wildman–Crippen MR) is 118 cm³/mol. The third-order valence-electron chi connectivity index (χ3n) is 5.45. The van der Waals surface area contributed by atoms with Crippen molar-refractivity contribution in [2.45, 2.75) is 24.4 Å². The zero-order chi connectivity index (χ0) is 20.6. The second-order valence-electron chi connectivity index (χ2n) is 7.72. The number of nitrogens with zero attached hydrogens (tertiary/aromatic N) is 4. The van der Waals surface area contributed by atoms with Crippen LogP contribution >= 0.6 is 11.8 Å². The number of benzene rings is 2. The lowest BCUT2D eigenvalue weighted by Crippen LogP contribution is -2.24. The minimum Gasteiger partial charge on any atom is -0.347 e. The third-order valence-corrected chi connectivity index (χ3v) is 6.49. The van der Waals surface area contributed by atoms with E-state index in [4.69, 9.17) is 0 Å². The van der Waals surface area contributed by atoms with Crippen LogP contribution in [0.2, 0.25) is 0 Å². The van der Waals surface area contributed by atoms with Crippen LogP contribution in [0.25, 0.3) is 11.4 Å². The minimum atomic E-state index is -0.197. The maximum absolute atomic E-state index is 12.8. The molecular weight excluding hydrogens is 380 g/mol. The SMILES string of the molecule is CN1/C(=C\C(=O)CSc2nnc(-c3ccccc3)n2C)C(C)(C)c2ccccc21. The average molecular weight is 405 g/mol. The van der Waals surface area contributed by atoms with Gasteiger partial charge in [0.15, 0.2) is 16.8 Å². The zero-order valence-corrected chi connectivity index (χ0v) is 17.9. The van der Waals surface area contributed by atoms with Gasteiger partial charge >= 0.3 is 0 Å². The van der Waals surface area contributed by atoms with Crippen molar-refractivity contribution in [2.24, 2.45) is 7.05 Å². The standard InChI is InChI=1S/C23H24N4OS/c1-23(2)18-12-8-9-13-19(18)26(3)20(23)14-17(28)15-29-22-25-24-21(27(22)4)16-10-6-5-7-11-16/h5-14H,15H2,1-4H3/b20-14-. The summed E-state index contributed by atoms with van der Waals surface area (Å²) in [6.45, 7) is 4.33. The molecule has 29 heavy (non-hydrogen) atoms. The van der Waals surface area contributed by atoms with Crippen molar-refractivity contribution in [1.82, 2.24) is 14.8 Å². The fourth-order valence-electron chi connectivity index (χ4n) is 3.87. The van der Waals surface area contributed by atoms with Gasteiger partial charge < -0.3 is 9.47 Å². The Hall–Kier alpha value is -2.86. The number of fused-ring (bicyclic) bond motifs is 1. The summed E-state index contributed by atoms with van der Waals surface area (Å²) in [6.07, 6.45) is 1.78. The van der Waals surface area contributed by atoms with E-state index in [0.29, 0.717) is 5.75 Å². The van der Waals surface area contributed by atoms with Crippen molar-refractivity contribution in [3.8, 4) is 11.4 Å². The number of allylic oxidation sites excluding steroid dienone is 2. The van der Waals surface area contributed by atoms with Gasteiger partial charge in [0, 0.05) is 42.5 Å². The Balaban J connectivity index is 1.50. The van der Waals surface area contributed by atoms with E-state index in [9.17, 15) is 4.79 Å². The van der Waals surface area contributed by atoms with Gasteiger partial charge in [-0.1, -0.05) is 74.1 Å². The number of ketones is 1. The van der Waals surface area contributed by atoms with Crippen molar-refractivity contribution < 1.29 is 4.79 Å². The normalized spacial score (nSPS) is 16.3. The highest BCUT2D eigenvalue weighted by molar-refractivity contribution is 7.99. The van der Waals surface area contributed by atoms with E-state index in [1.807, 2.05) is 61.1 Å². The lowest BCUT2D eigenvalue weighted by molar-refractivity contribution is -0.112. The van der Waals surface area contributed by atoms with E-state index in [0.717, 1.165) is 27.9 Å². The quantitative estimate of drug-likeness (QED) is 0.464. The molecule has 0 amide bonds. The molecule has 148 valence electrons. The summed E-state index contributed by atoms with van der Waals surface area (Å²) in [5.74, 6) is 1.19. The molecule has 1 aromatic heterocycles. The number of likely N-dealkylation sites (N-methyl/N-ethyl adjacent to an activating group) is 1. The monoisotopic (exact) mass is 404 g/mol. The summed E-state index contributed by atoms with van der Waals surface area (Å²) in [5, 5.41) is 9.29. The molecule has 1 aliphatic rings. The summed E-state index contributed by atoms with van der Waals surface area (Å²) in [6, 6.07) is 18.2. The number of thioether (sulfide) groups is 1. The molecule has 2 heterocycles. The molecule has 3 aromatic rings. The van der Waals surface area contributed by atoms with E-state index >= 15 is 0 Å². The first-order chi connectivity index (χ1) is 13.9. The Kier molecular flexibility index (Phi) is 5.04. The molecule has 0 fully saturated rings. The molecule has 0 saturated heterocycles. The summed E-state index contributed by atoms with van der Waals surface area (Å²) < 4.78 is 1.93. The van der Waals surface area contributed by atoms with Crippen LogP contribution in [-0.4, -0.2) is 33.3 Å². The fraction of sp³-hybridized carbons (Fsp3) is 0.261. The Morgan fingerprint density at radius 1 is 1.03 bits per heavy atom. The first-order valence-corrected chi connectivity index (χ1v) is 10.5. The first kappa shape index (κ1) is 19.5. The molecule has 0 atom stereocenters. The van der Waals surface area contributed by atoms with Gasteiger partial charge in [-0.05, 0) is 11.6 Å². The average Bonchev–Trinajstić information content (AvgIpc) is 3.18. The van der Waals surface area contributed by atoms with Crippen LogP contribution in [0, 0.1) is 0 Å². The molecule has 1 aliphatic heterocycles. The van der Waals surface area contributed by atoms with E-state index in [2.05, 4.69) is 41.1 Å². The van der Waals surface area contributed by atoms with Crippen molar-refractivity contribution in [3.05, 3.63) is 71.9 Å². The zero-order valence-electron chi connectivity index (χ0n) is 17.1. The Morgan fingerprint density at radius 3 is 2.45 bits per heavy atom. The smallest absolute Gasteiger partial charge is 0.191 e. The van der Waals surface area contributed by atoms with Gasteiger partial charge in [-0.15, -0.1) is 10.2 Å². The Bertz CT molecular complexity index is 1090. The lowest BCUT2D eigenvalue weighted by atomic mass is 9.83. The van der Waals surface area contributed by atoms with Gasteiger partial charge in [0.2, 0.25) is 0 Å². The highest BCUT2D eigenvalue weighted by atomic mass is 32.2. The van der Waals surface area contributed by atoms with Crippen molar-refractivity contribution >= 4 is 23.2 Å². The molecule has 0 bridgehead atoms. The van der Waals surface area contributed by atoms with Crippen molar-refractivity contribution in [3.63, 3.8) is 0 Å². The fourth-order valence-corrected chi connectivity index (χ4v) is 4.60. The van der Waals surface area contributed by atoms with Gasteiger partial charge in [0.1, 0.15) is 0 Å². The molecule has 0 N–H and O–H groups in total. The number of carbonyl (C=O) groups excluding carboxylic acids is 1. The van der Waals surface area contributed by atoms with Gasteiger partial charge in [-0.3, -0.25) is 4.79 Å². The summed E-state index contributed by atoms with van der Waals surface area (Å²) in [5.41, 5.74) is 4.24. The molecule has 6 heteroatoms. The van der Waals surface area contributed by atoms with Crippen LogP contribution in [0.5, 0.6) is 0 Å². The molecule has 0 aliphatic carbocycles. The maximum atomic E-state index is 12.8. The highest BCUT2D eigenvalue weighted by Gasteiger charge is 2.38. The van der Waals surface area contributed by atoms with Crippen LogP contribution in [0.1, 0.15) is 19.4 Å². The maximum Gasteiger partial charge on any atom is 0.191 e. The first-order valence-electron chi connectivity index (χ1n) is 9.55. The topological polar surface area (TPSA) is 51.0 Å². The molecule has 0 saturated carbocycles. The van der Waals surface area contributed by atoms with Gasteiger partial charge in [0.25, 0.3) is 0 Å². The molecule has 2 aromatic carbocycles. The van der Waals surface area contributed by atoms with E-state index in [1.54, 1.807) is 6.08 Å². The van der Waals surface area contributed by atoms with Gasteiger partial charge in [-0.25, -0.2) is 0 Å². The predicted octanol–water partition coefficient (Wildman–Crippen LogP) is 4.45. The second kappa shape index (κ2) is 7.52. The molecular formula is C23H24N4OS. The highest BCUT2D eigenvalue weighted by Crippen LogP contribution is 2.46. The summed E-state index contributed by atoms with van der Waals surface area (Å²) in [4.78, 5) is 14.9. The molecule has 0 unspecified atom stereocenters. The number of anilines is 1. The Morgan fingerprint density at radius 2 is 1.72 bits per heavy atom. The number of hydrogen-bond donors (Lipinski definition) is 0. The van der Waals surface area contributed by atoms with Crippen LogP contribution < -0.4 is 4.90 Å². The van der Waals surface area contributed by atoms with Crippen LogP contribution in [0.15, 0.2) is 71.5 Å². The number of rotatable bonds is 5. The number of carbonyl (C=O) groups is 1. The number of aromatic nitrogens is 3. The van der Waals surface area contributed by atoms with Crippen LogP contribution in [-0.2, 0) is 17.3 Å². The van der Waals surface area contributed by atoms with Gasteiger partial charge in [-0.2, -0.15) is 0 Å². The van der Waals surface area contributed by atoms with E-state index in [-0.39, 0.29) is 11.2 Å². The molecule has 5 nitrogen and oxygen atoms in total.